The molecule has 3 aromatic rings. The molecule has 0 unspecified atom stereocenters. The SMILES string of the molecule is Cc1c(NC(=O)C[C@H](C)O)cccc1Nc1ncnc(N2CCc3cc(Br)ccc3C2)n1. The number of rotatable bonds is 6. The number of fused-ring (bicyclic) bond motifs is 1. The van der Waals surface area contributed by atoms with E-state index in [9.17, 15) is 9.90 Å². The van der Waals surface area contributed by atoms with Gasteiger partial charge in [0, 0.05) is 28.9 Å². The Morgan fingerprint density at radius 3 is 2.84 bits per heavy atom. The minimum atomic E-state index is -0.691. The van der Waals surface area contributed by atoms with Gasteiger partial charge in [0.15, 0.2) is 0 Å². The van der Waals surface area contributed by atoms with Crippen molar-refractivity contribution >= 4 is 45.1 Å². The number of carbonyl (C=O) groups is 1. The van der Waals surface area contributed by atoms with Gasteiger partial charge in [-0.1, -0.05) is 28.1 Å². The van der Waals surface area contributed by atoms with Gasteiger partial charge in [-0.2, -0.15) is 4.98 Å². The van der Waals surface area contributed by atoms with Gasteiger partial charge in [-0.25, -0.2) is 9.97 Å². The highest BCUT2D eigenvalue weighted by Crippen LogP contribution is 2.27. The highest BCUT2D eigenvalue weighted by Gasteiger charge is 2.19. The molecule has 0 saturated heterocycles. The molecular weight excluding hydrogens is 472 g/mol. The van der Waals surface area contributed by atoms with Crippen LogP contribution in [0.5, 0.6) is 0 Å². The number of aromatic nitrogens is 3. The quantitative estimate of drug-likeness (QED) is 0.474. The summed E-state index contributed by atoms with van der Waals surface area (Å²) in [5.41, 5.74) is 4.92. The van der Waals surface area contributed by atoms with Crippen LogP contribution in [0, 0.1) is 6.92 Å². The van der Waals surface area contributed by atoms with Crippen molar-refractivity contribution in [2.24, 2.45) is 0 Å². The van der Waals surface area contributed by atoms with Crippen molar-refractivity contribution in [3.63, 3.8) is 0 Å². The van der Waals surface area contributed by atoms with Gasteiger partial charge >= 0.3 is 0 Å². The van der Waals surface area contributed by atoms with Crippen LogP contribution in [0.4, 0.5) is 23.3 Å². The molecular formula is C23H25BrN6O2. The zero-order chi connectivity index (χ0) is 22.7. The monoisotopic (exact) mass is 496 g/mol. The van der Waals surface area contributed by atoms with Crippen LogP contribution in [0.1, 0.15) is 30.0 Å². The van der Waals surface area contributed by atoms with E-state index in [0.29, 0.717) is 17.6 Å². The second kappa shape index (κ2) is 9.62. The number of anilines is 4. The molecule has 0 bridgehead atoms. The molecule has 1 aliphatic heterocycles. The fourth-order valence-corrected chi connectivity index (χ4v) is 4.10. The standard InChI is InChI=1S/C23H25BrN6O2/c1-14(31)10-21(32)27-19-4-3-5-20(15(19)2)28-22-25-13-26-23(29-22)30-9-8-16-11-18(24)7-6-17(16)12-30/h3-7,11,13-14,31H,8-10,12H2,1-2H3,(H,27,32)(H,25,26,28,29)/t14-/m0/s1. The average Bonchev–Trinajstić information content (AvgIpc) is 2.76. The molecule has 1 amide bonds. The molecule has 1 aromatic heterocycles. The Hall–Kier alpha value is -3.04. The van der Waals surface area contributed by atoms with E-state index in [2.05, 4.69) is 64.6 Å². The normalized spacial score (nSPS) is 13.9. The lowest BCUT2D eigenvalue weighted by Gasteiger charge is -2.29. The topological polar surface area (TPSA) is 103 Å². The first kappa shape index (κ1) is 22.2. The second-order valence-electron chi connectivity index (χ2n) is 7.90. The summed E-state index contributed by atoms with van der Waals surface area (Å²) < 4.78 is 1.09. The van der Waals surface area contributed by atoms with Crippen LogP contribution in [0.25, 0.3) is 0 Å². The van der Waals surface area contributed by atoms with E-state index in [1.165, 1.54) is 17.5 Å². The van der Waals surface area contributed by atoms with Gasteiger partial charge in [0.1, 0.15) is 6.33 Å². The average molecular weight is 497 g/mol. The number of nitrogens with one attached hydrogen (secondary N) is 2. The number of halogens is 1. The van der Waals surface area contributed by atoms with E-state index < -0.39 is 6.10 Å². The van der Waals surface area contributed by atoms with Gasteiger partial charge in [0.25, 0.3) is 0 Å². The summed E-state index contributed by atoms with van der Waals surface area (Å²) in [5.74, 6) is 0.822. The molecule has 166 valence electrons. The number of hydrogen-bond donors (Lipinski definition) is 3. The maximum Gasteiger partial charge on any atom is 0.232 e. The van der Waals surface area contributed by atoms with E-state index in [1.807, 2.05) is 25.1 Å². The maximum atomic E-state index is 12.0. The molecule has 32 heavy (non-hydrogen) atoms. The summed E-state index contributed by atoms with van der Waals surface area (Å²) in [4.78, 5) is 27.4. The Bertz CT molecular complexity index is 1140. The number of hydrogen-bond acceptors (Lipinski definition) is 7. The predicted molar refractivity (Wildman–Crippen MR) is 128 cm³/mol. The van der Waals surface area contributed by atoms with Crippen LogP contribution < -0.4 is 15.5 Å². The van der Waals surface area contributed by atoms with Crippen molar-refractivity contribution in [3.05, 3.63) is 63.9 Å². The van der Waals surface area contributed by atoms with Crippen LogP contribution in [0.2, 0.25) is 0 Å². The van der Waals surface area contributed by atoms with E-state index in [0.717, 1.165) is 35.2 Å². The summed E-state index contributed by atoms with van der Waals surface area (Å²) in [5, 5.41) is 15.5. The van der Waals surface area contributed by atoms with Crippen LogP contribution in [-0.4, -0.2) is 38.6 Å². The number of benzene rings is 2. The summed E-state index contributed by atoms with van der Waals surface area (Å²) in [6.07, 6.45) is 1.79. The summed E-state index contributed by atoms with van der Waals surface area (Å²) in [6.45, 7) is 5.07. The lowest BCUT2D eigenvalue weighted by atomic mass is 10.0. The third-order valence-corrected chi connectivity index (χ3v) is 5.85. The molecule has 0 spiro atoms. The van der Waals surface area contributed by atoms with Gasteiger partial charge in [-0.15, -0.1) is 0 Å². The maximum absolute atomic E-state index is 12.0. The van der Waals surface area contributed by atoms with Crippen molar-refractivity contribution in [1.82, 2.24) is 15.0 Å². The number of amides is 1. The molecule has 3 N–H and O–H groups in total. The highest BCUT2D eigenvalue weighted by molar-refractivity contribution is 9.10. The van der Waals surface area contributed by atoms with Gasteiger partial charge in [0.2, 0.25) is 17.8 Å². The van der Waals surface area contributed by atoms with Crippen molar-refractivity contribution in [3.8, 4) is 0 Å². The van der Waals surface area contributed by atoms with E-state index in [-0.39, 0.29) is 12.3 Å². The predicted octanol–water partition coefficient (Wildman–Crippen LogP) is 3.96. The van der Waals surface area contributed by atoms with Gasteiger partial charge < -0.3 is 20.6 Å². The number of carbonyl (C=O) groups excluding carboxylic acids is 1. The van der Waals surface area contributed by atoms with E-state index in [4.69, 9.17) is 0 Å². The van der Waals surface area contributed by atoms with Crippen molar-refractivity contribution in [2.45, 2.75) is 39.3 Å². The molecule has 2 heterocycles. The number of nitrogens with zero attached hydrogens (tertiary/aromatic N) is 4. The van der Waals surface area contributed by atoms with Gasteiger partial charge in [0.05, 0.1) is 12.5 Å². The largest absolute Gasteiger partial charge is 0.393 e. The third-order valence-electron chi connectivity index (χ3n) is 5.36. The van der Waals surface area contributed by atoms with E-state index in [1.54, 1.807) is 6.92 Å². The van der Waals surface area contributed by atoms with Crippen LogP contribution in [0.15, 0.2) is 47.2 Å². The Morgan fingerprint density at radius 2 is 2.03 bits per heavy atom. The molecule has 1 atom stereocenters. The lowest BCUT2D eigenvalue weighted by Crippen LogP contribution is -2.32. The zero-order valence-corrected chi connectivity index (χ0v) is 19.6. The lowest BCUT2D eigenvalue weighted by molar-refractivity contribution is -0.117. The molecule has 0 radical (unpaired) electrons. The van der Waals surface area contributed by atoms with Gasteiger partial charge in [-0.3, -0.25) is 4.79 Å². The minimum absolute atomic E-state index is 0.0455. The minimum Gasteiger partial charge on any atom is -0.393 e. The molecule has 9 heteroatoms. The first-order valence-electron chi connectivity index (χ1n) is 10.4. The number of aliphatic hydroxyl groups excluding tert-OH is 1. The highest BCUT2D eigenvalue weighted by atomic mass is 79.9. The Kier molecular flexibility index (Phi) is 6.66. The van der Waals surface area contributed by atoms with Crippen LogP contribution in [-0.2, 0) is 17.8 Å². The third kappa shape index (κ3) is 5.23. The molecule has 1 aliphatic rings. The zero-order valence-electron chi connectivity index (χ0n) is 18.0. The van der Waals surface area contributed by atoms with Crippen LogP contribution in [0.3, 0.4) is 0 Å². The van der Waals surface area contributed by atoms with Crippen molar-refractivity contribution in [2.75, 3.05) is 22.1 Å². The van der Waals surface area contributed by atoms with Gasteiger partial charge in [-0.05, 0) is 61.2 Å². The summed E-state index contributed by atoms with van der Waals surface area (Å²) in [7, 11) is 0. The molecule has 0 fully saturated rings. The van der Waals surface area contributed by atoms with Crippen molar-refractivity contribution in [1.29, 1.82) is 0 Å². The first-order valence-corrected chi connectivity index (χ1v) is 11.2. The van der Waals surface area contributed by atoms with E-state index >= 15 is 0 Å². The molecule has 4 rings (SSSR count). The first-order chi connectivity index (χ1) is 15.4. The molecule has 0 saturated carbocycles. The summed E-state index contributed by atoms with van der Waals surface area (Å²) in [6, 6.07) is 11.9. The number of aliphatic hydroxyl groups is 1. The van der Waals surface area contributed by atoms with Crippen LogP contribution >= 0.6 is 15.9 Å². The smallest absolute Gasteiger partial charge is 0.232 e. The molecule has 2 aromatic carbocycles. The molecule has 0 aliphatic carbocycles. The fourth-order valence-electron chi connectivity index (χ4n) is 3.69. The molecule has 8 nitrogen and oxygen atoms in total. The second-order valence-corrected chi connectivity index (χ2v) is 8.81. The fraction of sp³-hybridized carbons (Fsp3) is 0.304. The Labute approximate surface area is 195 Å². The van der Waals surface area contributed by atoms with Crippen molar-refractivity contribution < 1.29 is 9.90 Å². The Balaban J connectivity index is 1.49. The Morgan fingerprint density at radius 1 is 1.22 bits per heavy atom. The summed E-state index contributed by atoms with van der Waals surface area (Å²) >= 11 is 3.54.